The number of amides is 1. The van der Waals surface area contributed by atoms with Crippen LogP contribution in [-0.4, -0.2) is 29.6 Å². The normalized spacial score (nSPS) is 10.7. The Morgan fingerprint density at radius 1 is 1.39 bits per heavy atom. The van der Waals surface area contributed by atoms with Gasteiger partial charge in [-0.25, -0.2) is 4.79 Å². The molecule has 0 aliphatic rings. The Kier molecular flexibility index (Phi) is 3.16. The highest BCUT2D eigenvalue weighted by atomic mass is 16.2. The molecule has 1 heterocycles. The van der Waals surface area contributed by atoms with Crippen molar-refractivity contribution in [3.05, 3.63) is 42.1 Å². The van der Waals surface area contributed by atoms with E-state index in [0.29, 0.717) is 5.69 Å². The van der Waals surface area contributed by atoms with Crippen molar-refractivity contribution in [1.29, 1.82) is 5.26 Å². The first-order valence-corrected chi connectivity index (χ1v) is 5.53. The number of nitrogens with zero attached hydrogens (tertiary/aromatic N) is 3. The maximum absolute atomic E-state index is 12.2. The van der Waals surface area contributed by atoms with Gasteiger partial charge in [0.15, 0.2) is 0 Å². The molecule has 2 rings (SSSR count). The van der Waals surface area contributed by atoms with Crippen molar-refractivity contribution in [1.82, 2.24) is 9.47 Å². The van der Waals surface area contributed by atoms with Crippen molar-refractivity contribution in [3.8, 4) is 6.07 Å². The zero-order valence-electron chi connectivity index (χ0n) is 10.3. The highest BCUT2D eigenvalue weighted by molar-refractivity contribution is 5.94. The van der Waals surface area contributed by atoms with Crippen LogP contribution in [0.2, 0.25) is 0 Å². The van der Waals surface area contributed by atoms with Crippen LogP contribution < -0.4 is 0 Å². The molecule has 1 aromatic heterocycles. The lowest BCUT2D eigenvalue weighted by Gasteiger charge is -2.13. The molecule has 0 aliphatic heterocycles. The first-order chi connectivity index (χ1) is 8.65. The molecule has 0 spiro atoms. The van der Waals surface area contributed by atoms with Crippen LogP contribution in [0.5, 0.6) is 0 Å². The Bertz CT molecular complexity index is 659. The van der Waals surface area contributed by atoms with E-state index < -0.39 is 0 Å². The summed E-state index contributed by atoms with van der Waals surface area (Å²) in [5.41, 5.74) is 1.55. The third-order valence-corrected chi connectivity index (χ3v) is 2.64. The molecule has 0 unspecified atom stereocenters. The smallest absolute Gasteiger partial charge is 0.328 e. The predicted octanol–water partition coefficient (Wildman–Crippen LogP) is 2.71. The summed E-state index contributed by atoms with van der Waals surface area (Å²) in [4.78, 5) is 13.7. The van der Waals surface area contributed by atoms with Gasteiger partial charge in [0, 0.05) is 25.6 Å². The number of carbonyl (C=O) groups excluding carboxylic acids is 1. The fourth-order valence-corrected chi connectivity index (χ4v) is 1.83. The number of nitriles is 1. The molecule has 4 heteroatoms. The molecule has 18 heavy (non-hydrogen) atoms. The molecular formula is C14H13N3O. The van der Waals surface area contributed by atoms with Gasteiger partial charge in [-0.15, -0.1) is 0 Å². The van der Waals surface area contributed by atoms with E-state index in [1.807, 2.05) is 36.4 Å². The molecule has 0 aliphatic carbocycles. The summed E-state index contributed by atoms with van der Waals surface area (Å²) in [5.74, 6) is 0. The largest absolute Gasteiger partial charge is 0.330 e. The number of carbonyl (C=O) groups is 1. The number of benzene rings is 1. The van der Waals surface area contributed by atoms with Crippen molar-refractivity contribution in [2.45, 2.75) is 0 Å². The second-order valence-electron chi connectivity index (χ2n) is 4.10. The second-order valence-corrected chi connectivity index (χ2v) is 4.10. The van der Waals surface area contributed by atoms with Gasteiger partial charge < -0.3 is 4.90 Å². The van der Waals surface area contributed by atoms with Crippen LogP contribution in [0.15, 0.2) is 36.4 Å². The average Bonchev–Trinajstić information content (AvgIpc) is 2.73. The molecule has 0 fully saturated rings. The van der Waals surface area contributed by atoms with Crippen LogP contribution in [0.3, 0.4) is 0 Å². The van der Waals surface area contributed by atoms with Crippen LogP contribution in [0.25, 0.3) is 17.0 Å². The number of aromatic nitrogens is 1. The zero-order valence-corrected chi connectivity index (χ0v) is 10.3. The number of para-hydroxylation sites is 1. The van der Waals surface area contributed by atoms with Crippen LogP contribution >= 0.6 is 0 Å². The van der Waals surface area contributed by atoms with Gasteiger partial charge in [-0.1, -0.05) is 18.2 Å². The molecule has 90 valence electrons. The lowest BCUT2D eigenvalue weighted by molar-refractivity contribution is 0.220. The summed E-state index contributed by atoms with van der Waals surface area (Å²) < 4.78 is 1.60. The number of fused-ring (bicyclic) bond motifs is 1. The first kappa shape index (κ1) is 11.9. The quantitative estimate of drug-likeness (QED) is 0.718. The molecule has 0 N–H and O–H groups in total. The molecule has 1 aromatic carbocycles. The molecule has 1 amide bonds. The van der Waals surface area contributed by atoms with E-state index in [9.17, 15) is 4.79 Å². The average molecular weight is 239 g/mol. The van der Waals surface area contributed by atoms with Crippen molar-refractivity contribution in [3.63, 3.8) is 0 Å². The fourth-order valence-electron chi connectivity index (χ4n) is 1.83. The van der Waals surface area contributed by atoms with Crippen molar-refractivity contribution in [2.24, 2.45) is 0 Å². The van der Waals surface area contributed by atoms with E-state index in [2.05, 4.69) is 0 Å². The number of hydrogen-bond acceptors (Lipinski definition) is 2. The fraction of sp³-hybridized carbons (Fsp3) is 0.143. The van der Waals surface area contributed by atoms with E-state index in [-0.39, 0.29) is 6.03 Å². The van der Waals surface area contributed by atoms with E-state index in [0.717, 1.165) is 10.9 Å². The van der Waals surface area contributed by atoms with E-state index in [1.165, 1.54) is 11.0 Å². The minimum absolute atomic E-state index is 0.131. The topological polar surface area (TPSA) is 49.0 Å². The Labute approximate surface area is 105 Å². The SMILES string of the molecule is CN(C)C(=O)n1c(/C=C/C#N)cc2ccccc21. The van der Waals surface area contributed by atoms with Gasteiger partial charge in [-0.2, -0.15) is 5.26 Å². The van der Waals surface area contributed by atoms with Crippen LogP contribution in [0.1, 0.15) is 5.69 Å². The van der Waals surface area contributed by atoms with Crippen molar-refractivity contribution >= 4 is 23.0 Å². The summed E-state index contributed by atoms with van der Waals surface area (Å²) in [7, 11) is 3.41. The summed E-state index contributed by atoms with van der Waals surface area (Å²) in [6, 6.07) is 11.3. The number of rotatable bonds is 1. The monoisotopic (exact) mass is 239 g/mol. The standard InChI is InChI=1S/C14H13N3O/c1-16(2)14(18)17-12(7-5-9-15)10-11-6-3-4-8-13(11)17/h3-8,10H,1-2H3/b7-5+. The van der Waals surface area contributed by atoms with E-state index in [4.69, 9.17) is 5.26 Å². The van der Waals surface area contributed by atoms with Crippen LogP contribution in [-0.2, 0) is 0 Å². The predicted molar refractivity (Wildman–Crippen MR) is 71.1 cm³/mol. The minimum Gasteiger partial charge on any atom is -0.330 e. The lowest BCUT2D eigenvalue weighted by atomic mass is 10.2. The maximum Gasteiger partial charge on any atom is 0.328 e. The van der Waals surface area contributed by atoms with E-state index >= 15 is 0 Å². The van der Waals surface area contributed by atoms with Gasteiger partial charge in [0.25, 0.3) is 0 Å². The Balaban J connectivity index is 2.70. The molecule has 4 nitrogen and oxygen atoms in total. The summed E-state index contributed by atoms with van der Waals surface area (Å²) in [6.07, 6.45) is 3.01. The van der Waals surface area contributed by atoms with Gasteiger partial charge in [0.1, 0.15) is 0 Å². The Morgan fingerprint density at radius 2 is 2.11 bits per heavy atom. The van der Waals surface area contributed by atoms with Gasteiger partial charge in [0.05, 0.1) is 17.3 Å². The third-order valence-electron chi connectivity index (χ3n) is 2.64. The maximum atomic E-state index is 12.2. The van der Waals surface area contributed by atoms with Gasteiger partial charge >= 0.3 is 6.03 Å². The minimum atomic E-state index is -0.131. The molecule has 0 bridgehead atoms. The van der Waals surface area contributed by atoms with E-state index in [1.54, 1.807) is 24.7 Å². The van der Waals surface area contributed by atoms with Gasteiger partial charge in [-0.05, 0) is 18.2 Å². The third kappa shape index (κ3) is 1.98. The summed E-state index contributed by atoms with van der Waals surface area (Å²) in [5, 5.41) is 9.58. The van der Waals surface area contributed by atoms with Crippen LogP contribution in [0.4, 0.5) is 4.79 Å². The zero-order chi connectivity index (χ0) is 13.1. The molecule has 2 aromatic rings. The van der Waals surface area contributed by atoms with Gasteiger partial charge in [-0.3, -0.25) is 4.57 Å². The molecule has 0 saturated heterocycles. The highest BCUT2D eigenvalue weighted by Crippen LogP contribution is 2.21. The van der Waals surface area contributed by atoms with Gasteiger partial charge in [0.2, 0.25) is 0 Å². The van der Waals surface area contributed by atoms with Crippen LogP contribution in [0, 0.1) is 11.3 Å². The Hall–Kier alpha value is -2.54. The number of hydrogen-bond donors (Lipinski definition) is 0. The lowest BCUT2D eigenvalue weighted by Crippen LogP contribution is -2.27. The number of allylic oxidation sites excluding steroid dienone is 1. The molecule has 0 saturated carbocycles. The molecular weight excluding hydrogens is 226 g/mol. The highest BCUT2D eigenvalue weighted by Gasteiger charge is 2.14. The summed E-state index contributed by atoms with van der Waals surface area (Å²) in [6.45, 7) is 0. The Morgan fingerprint density at radius 3 is 2.78 bits per heavy atom. The van der Waals surface area contributed by atoms with Crippen molar-refractivity contribution in [2.75, 3.05) is 14.1 Å². The van der Waals surface area contributed by atoms with Crippen molar-refractivity contribution < 1.29 is 4.79 Å². The summed E-state index contributed by atoms with van der Waals surface area (Å²) >= 11 is 0. The molecule has 0 radical (unpaired) electrons. The second kappa shape index (κ2) is 4.76. The first-order valence-electron chi connectivity index (χ1n) is 5.53. The molecule has 0 atom stereocenters.